The molecular weight excluding hydrogens is 246 g/mol. The Labute approximate surface area is 113 Å². The Morgan fingerprint density at radius 2 is 2.00 bits per heavy atom. The highest BCUT2D eigenvalue weighted by molar-refractivity contribution is 5.87. The van der Waals surface area contributed by atoms with Gasteiger partial charge in [-0.05, 0) is 39.0 Å². The summed E-state index contributed by atoms with van der Waals surface area (Å²) in [4.78, 5) is 25.2. The van der Waals surface area contributed by atoms with Gasteiger partial charge in [0.2, 0.25) is 5.91 Å². The number of likely N-dealkylation sites (tertiary alicyclic amines) is 1. The molecule has 1 saturated carbocycles. The number of carbonyl (C=O) groups is 2. The van der Waals surface area contributed by atoms with E-state index in [1.807, 2.05) is 0 Å². The summed E-state index contributed by atoms with van der Waals surface area (Å²) in [6.07, 6.45) is 3.86. The molecule has 0 aromatic heterocycles. The molecule has 2 aliphatic rings. The van der Waals surface area contributed by atoms with E-state index in [0.29, 0.717) is 19.7 Å². The summed E-state index contributed by atoms with van der Waals surface area (Å²) >= 11 is 0. The van der Waals surface area contributed by atoms with Crippen molar-refractivity contribution in [3.8, 4) is 0 Å². The van der Waals surface area contributed by atoms with Gasteiger partial charge < -0.3 is 20.7 Å². The first-order valence-electron chi connectivity index (χ1n) is 7.07. The number of nitrogens with two attached hydrogens (primary N) is 1. The predicted octanol–water partition coefficient (Wildman–Crippen LogP) is 0.605. The van der Waals surface area contributed by atoms with Crippen molar-refractivity contribution in [1.82, 2.24) is 10.2 Å². The number of amides is 2. The fourth-order valence-corrected chi connectivity index (χ4v) is 2.54. The third-order valence-corrected chi connectivity index (χ3v) is 4.05. The summed E-state index contributed by atoms with van der Waals surface area (Å²) in [6.45, 7) is 3.44. The Hall–Kier alpha value is -1.30. The van der Waals surface area contributed by atoms with Gasteiger partial charge in [0.05, 0.1) is 12.1 Å². The molecule has 0 radical (unpaired) electrons. The van der Waals surface area contributed by atoms with Gasteiger partial charge in [-0.3, -0.25) is 4.79 Å². The maximum absolute atomic E-state index is 12.0. The van der Waals surface area contributed by atoms with Gasteiger partial charge in [-0.1, -0.05) is 0 Å². The van der Waals surface area contributed by atoms with Crippen LogP contribution in [0.15, 0.2) is 0 Å². The van der Waals surface area contributed by atoms with Crippen LogP contribution in [0.5, 0.6) is 0 Å². The Morgan fingerprint density at radius 3 is 2.47 bits per heavy atom. The van der Waals surface area contributed by atoms with Crippen LogP contribution in [-0.2, 0) is 9.53 Å². The van der Waals surface area contributed by atoms with E-state index >= 15 is 0 Å². The number of carbonyl (C=O) groups excluding carboxylic acids is 2. The summed E-state index contributed by atoms with van der Waals surface area (Å²) in [5, 5.41) is 3.01. The SMILES string of the molecule is CCOC(=O)N1CCC(NC(=O)C2(N)CCC2)CC1. The maximum Gasteiger partial charge on any atom is 0.409 e. The molecule has 2 rings (SSSR count). The second-order valence-corrected chi connectivity index (χ2v) is 5.44. The Balaban J connectivity index is 1.74. The summed E-state index contributed by atoms with van der Waals surface area (Å²) in [5.41, 5.74) is 5.34. The molecule has 1 aliphatic carbocycles. The lowest BCUT2D eigenvalue weighted by Gasteiger charge is -2.39. The smallest absolute Gasteiger partial charge is 0.409 e. The molecule has 1 heterocycles. The van der Waals surface area contributed by atoms with Crippen molar-refractivity contribution < 1.29 is 14.3 Å². The Bertz CT molecular complexity index is 347. The fourth-order valence-electron chi connectivity index (χ4n) is 2.54. The molecule has 0 atom stereocenters. The second-order valence-electron chi connectivity index (χ2n) is 5.44. The molecule has 6 heteroatoms. The van der Waals surface area contributed by atoms with Gasteiger partial charge in [-0.25, -0.2) is 4.79 Å². The Kier molecular flexibility index (Phi) is 4.29. The normalized spacial score (nSPS) is 22.5. The highest BCUT2D eigenvalue weighted by Gasteiger charge is 2.41. The van der Waals surface area contributed by atoms with Crippen molar-refractivity contribution in [2.24, 2.45) is 5.73 Å². The van der Waals surface area contributed by atoms with Gasteiger partial charge in [0.15, 0.2) is 0 Å². The molecular formula is C13H23N3O3. The molecule has 6 nitrogen and oxygen atoms in total. The summed E-state index contributed by atoms with van der Waals surface area (Å²) in [7, 11) is 0. The highest BCUT2D eigenvalue weighted by atomic mass is 16.6. The monoisotopic (exact) mass is 269 g/mol. The third-order valence-electron chi connectivity index (χ3n) is 4.05. The number of nitrogens with zero attached hydrogens (tertiary/aromatic N) is 1. The van der Waals surface area contributed by atoms with E-state index in [-0.39, 0.29) is 18.0 Å². The van der Waals surface area contributed by atoms with Crippen LogP contribution in [0.2, 0.25) is 0 Å². The summed E-state index contributed by atoms with van der Waals surface area (Å²) in [6, 6.07) is 0.124. The molecule has 2 fully saturated rings. The van der Waals surface area contributed by atoms with E-state index in [1.54, 1.807) is 11.8 Å². The summed E-state index contributed by atoms with van der Waals surface area (Å²) in [5.74, 6) is -0.0339. The van der Waals surface area contributed by atoms with Crippen molar-refractivity contribution in [2.75, 3.05) is 19.7 Å². The number of ether oxygens (including phenoxy) is 1. The lowest BCUT2D eigenvalue weighted by atomic mass is 9.77. The largest absolute Gasteiger partial charge is 0.450 e. The average molecular weight is 269 g/mol. The molecule has 0 spiro atoms. The predicted molar refractivity (Wildman–Crippen MR) is 70.5 cm³/mol. The quantitative estimate of drug-likeness (QED) is 0.786. The van der Waals surface area contributed by atoms with Gasteiger partial charge in [-0.2, -0.15) is 0 Å². The van der Waals surface area contributed by atoms with E-state index in [1.165, 1.54) is 0 Å². The molecule has 19 heavy (non-hydrogen) atoms. The number of nitrogens with one attached hydrogen (secondary N) is 1. The molecule has 2 amide bonds. The minimum Gasteiger partial charge on any atom is -0.450 e. The molecule has 1 saturated heterocycles. The average Bonchev–Trinajstić information content (AvgIpc) is 2.37. The van der Waals surface area contributed by atoms with Crippen molar-refractivity contribution in [3.05, 3.63) is 0 Å². The minimum atomic E-state index is -0.641. The van der Waals surface area contributed by atoms with Crippen LogP contribution in [0.4, 0.5) is 4.79 Å². The standard InChI is InChI=1S/C13H23N3O3/c1-2-19-12(18)16-8-4-10(5-9-16)15-11(17)13(14)6-3-7-13/h10H,2-9,14H2,1H3,(H,15,17). The topological polar surface area (TPSA) is 84.7 Å². The zero-order chi connectivity index (χ0) is 13.9. The first-order chi connectivity index (χ1) is 9.05. The van der Waals surface area contributed by atoms with Gasteiger partial charge >= 0.3 is 6.09 Å². The number of hydrogen-bond acceptors (Lipinski definition) is 4. The van der Waals surface area contributed by atoms with Crippen molar-refractivity contribution in [1.29, 1.82) is 0 Å². The Morgan fingerprint density at radius 1 is 1.37 bits per heavy atom. The fraction of sp³-hybridized carbons (Fsp3) is 0.846. The zero-order valence-corrected chi connectivity index (χ0v) is 11.5. The number of hydrogen-bond donors (Lipinski definition) is 2. The van der Waals surface area contributed by atoms with Crippen molar-refractivity contribution in [3.63, 3.8) is 0 Å². The molecule has 3 N–H and O–H groups in total. The third kappa shape index (κ3) is 3.18. The van der Waals surface area contributed by atoms with E-state index in [0.717, 1.165) is 32.1 Å². The van der Waals surface area contributed by atoms with E-state index < -0.39 is 5.54 Å². The highest BCUT2D eigenvalue weighted by Crippen LogP contribution is 2.29. The first-order valence-corrected chi connectivity index (χ1v) is 7.07. The van der Waals surface area contributed by atoms with Crippen LogP contribution in [-0.4, -0.2) is 48.2 Å². The molecule has 0 aromatic carbocycles. The minimum absolute atomic E-state index is 0.0339. The van der Waals surface area contributed by atoms with Gasteiger partial charge in [-0.15, -0.1) is 0 Å². The summed E-state index contributed by atoms with van der Waals surface area (Å²) < 4.78 is 4.96. The van der Waals surface area contributed by atoms with Crippen LogP contribution in [0.1, 0.15) is 39.0 Å². The lowest BCUT2D eigenvalue weighted by Crippen LogP contribution is -2.61. The van der Waals surface area contributed by atoms with E-state index in [2.05, 4.69) is 5.32 Å². The van der Waals surface area contributed by atoms with Crippen LogP contribution in [0.3, 0.4) is 0 Å². The number of rotatable bonds is 3. The van der Waals surface area contributed by atoms with Crippen LogP contribution in [0.25, 0.3) is 0 Å². The van der Waals surface area contributed by atoms with Gasteiger partial charge in [0, 0.05) is 19.1 Å². The van der Waals surface area contributed by atoms with Crippen LogP contribution < -0.4 is 11.1 Å². The maximum atomic E-state index is 12.0. The van der Waals surface area contributed by atoms with Gasteiger partial charge in [0.1, 0.15) is 0 Å². The molecule has 0 bridgehead atoms. The molecule has 1 aliphatic heterocycles. The van der Waals surface area contributed by atoms with Crippen molar-refractivity contribution in [2.45, 2.75) is 50.6 Å². The van der Waals surface area contributed by atoms with E-state index in [4.69, 9.17) is 10.5 Å². The zero-order valence-electron chi connectivity index (χ0n) is 11.5. The second kappa shape index (κ2) is 5.77. The number of piperidine rings is 1. The van der Waals surface area contributed by atoms with Crippen molar-refractivity contribution >= 4 is 12.0 Å². The van der Waals surface area contributed by atoms with Crippen LogP contribution in [0, 0.1) is 0 Å². The molecule has 108 valence electrons. The molecule has 0 aromatic rings. The first kappa shape index (κ1) is 14.1. The van der Waals surface area contributed by atoms with E-state index in [9.17, 15) is 9.59 Å². The lowest BCUT2D eigenvalue weighted by molar-refractivity contribution is -0.130. The van der Waals surface area contributed by atoms with Crippen LogP contribution >= 0.6 is 0 Å². The van der Waals surface area contributed by atoms with Gasteiger partial charge in [0.25, 0.3) is 0 Å². The molecule has 0 unspecified atom stereocenters.